The second kappa shape index (κ2) is 12.0. The fourth-order valence-electron chi connectivity index (χ4n) is 4.27. The SMILES string of the molecule is C=CC(=NC)[C@H](C[C@@H]1CCCCN1C(C)C)NC(=O)c1ncc(-c2cncc(OCC)n2)s1.[HH]. The van der Waals surface area contributed by atoms with Crippen molar-refractivity contribution in [3.63, 3.8) is 0 Å². The van der Waals surface area contributed by atoms with Gasteiger partial charge in [0.25, 0.3) is 5.91 Å². The molecule has 3 rings (SSSR count). The Kier molecular flexibility index (Phi) is 9.08. The van der Waals surface area contributed by atoms with E-state index in [1.54, 1.807) is 31.7 Å². The van der Waals surface area contributed by atoms with Crippen molar-refractivity contribution in [3.8, 4) is 16.5 Å². The standard InChI is InChI=1S/C24H34N6O2S.H2/c1-6-18(25-5)19(12-17-10-8-9-11-30(17)16(3)4)29-23(31)24-27-14-21(33-24)20-13-26-15-22(28-20)32-7-2;/h6,13-17,19H,1,7-12H2,2-5H3,(H,29,31);1H/t17-,19-;/m0./s1. The zero-order valence-corrected chi connectivity index (χ0v) is 20.8. The third-order valence-corrected chi connectivity index (χ3v) is 6.85. The number of piperidine rings is 1. The second-order valence-corrected chi connectivity index (χ2v) is 9.33. The van der Waals surface area contributed by atoms with Gasteiger partial charge in [0.15, 0.2) is 5.01 Å². The third-order valence-electron chi connectivity index (χ3n) is 5.83. The van der Waals surface area contributed by atoms with Crippen molar-refractivity contribution >= 4 is 23.0 Å². The number of hydrogen-bond acceptors (Lipinski definition) is 8. The van der Waals surface area contributed by atoms with Gasteiger partial charge in [-0.15, -0.1) is 11.3 Å². The van der Waals surface area contributed by atoms with E-state index in [0.29, 0.717) is 35.3 Å². The molecular formula is C24H36N6O2S. The number of carbonyl (C=O) groups is 1. The Bertz CT molecular complexity index is 980. The molecule has 2 aromatic rings. The zero-order chi connectivity index (χ0) is 23.8. The smallest absolute Gasteiger partial charge is 0.280 e. The molecule has 0 aromatic carbocycles. The van der Waals surface area contributed by atoms with Crippen LogP contribution in [0.2, 0.25) is 0 Å². The number of nitrogens with one attached hydrogen (secondary N) is 1. The van der Waals surface area contributed by atoms with Gasteiger partial charge in [0, 0.05) is 26.8 Å². The van der Waals surface area contributed by atoms with Gasteiger partial charge in [-0.3, -0.25) is 19.7 Å². The Hall–Kier alpha value is -2.65. The highest BCUT2D eigenvalue weighted by Crippen LogP contribution is 2.26. The number of aromatic nitrogens is 3. The molecule has 2 atom stereocenters. The molecular weight excluding hydrogens is 436 g/mol. The van der Waals surface area contributed by atoms with E-state index in [9.17, 15) is 4.79 Å². The van der Waals surface area contributed by atoms with E-state index in [1.807, 2.05) is 6.92 Å². The summed E-state index contributed by atoms with van der Waals surface area (Å²) in [7, 11) is 1.74. The molecule has 2 aromatic heterocycles. The maximum absolute atomic E-state index is 13.1. The van der Waals surface area contributed by atoms with Crippen LogP contribution in [0.15, 0.2) is 36.2 Å². The lowest BCUT2D eigenvalue weighted by atomic mass is 9.92. The topological polar surface area (TPSA) is 92.6 Å². The molecule has 1 saturated heterocycles. The van der Waals surface area contributed by atoms with Gasteiger partial charge in [-0.25, -0.2) is 9.97 Å². The van der Waals surface area contributed by atoms with Crippen LogP contribution >= 0.6 is 11.3 Å². The highest BCUT2D eigenvalue weighted by atomic mass is 32.1. The van der Waals surface area contributed by atoms with E-state index >= 15 is 0 Å². The summed E-state index contributed by atoms with van der Waals surface area (Å²) in [5, 5.41) is 3.54. The van der Waals surface area contributed by atoms with E-state index < -0.39 is 0 Å². The molecule has 0 bridgehead atoms. The molecule has 3 heterocycles. The van der Waals surface area contributed by atoms with Crippen molar-refractivity contribution in [2.45, 2.75) is 64.6 Å². The first-order valence-electron chi connectivity index (χ1n) is 11.5. The van der Waals surface area contributed by atoms with Crippen molar-refractivity contribution in [1.29, 1.82) is 0 Å². The lowest BCUT2D eigenvalue weighted by molar-refractivity contribution is 0.0889. The van der Waals surface area contributed by atoms with Gasteiger partial charge >= 0.3 is 0 Å². The van der Waals surface area contributed by atoms with Gasteiger partial charge in [0.05, 0.1) is 35.6 Å². The predicted molar refractivity (Wildman–Crippen MR) is 135 cm³/mol. The highest BCUT2D eigenvalue weighted by Gasteiger charge is 2.29. The van der Waals surface area contributed by atoms with Crippen LogP contribution in [-0.2, 0) is 0 Å². The summed E-state index contributed by atoms with van der Waals surface area (Å²) in [5.74, 6) is 0.228. The molecule has 180 valence electrons. The Labute approximate surface area is 201 Å². The molecule has 0 saturated carbocycles. The summed E-state index contributed by atoms with van der Waals surface area (Å²) < 4.78 is 5.43. The summed E-state index contributed by atoms with van der Waals surface area (Å²) in [6.45, 7) is 11.9. The monoisotopic (exact) mass is 472 g/mol. The molecule has 33 heavy (non-hydrogen) atoms. The third kappa shape index (κ3) is 6.45. The molecule has 9 heteroatoms. The molecule has 1 N–H and O–H groups in total. The van der Waals surface area contributed by atoms with E-state index in [0.717, 1.165) is 30.0 Å². The van der Waals surface area contributed by atoms with Crippen LogP contribution in [0.4, 0.5) is 0 Å². The zero-order valence-electron chi connectivity index (χ0n) is 20.0. The minimum atomic E-state index is -0.224. The lowest BCUT2D eigenvalue weighted by Crippen LogP contribution is -2.50. The van der Waals surface area contributed by atoms with Crippen molar-refractivity contribution < 1.29 is 11.0 Å². The fraction of sp³-hybridized carbons (Fsp3) is 0.542. The Balaban J connectivity index is 0.00000408. The average Bonchev–Trinajstić information content (AvgIpc) is 3.31. The molecule has 1 fully saturated rings. The Morgan fingerprint density at radius 2 is 2.24 bits per heavy atom. The van der Waals surface area contributed by atoms with Crippen LogP contribution in [0.1, 0.15) is 57.7 Å². The van der Waals surface area contributed by atoms with Crippen LogP contribution in [0.3, 0.4) is 0 Å². The molecule has 0 unspecified atom stereocenters. The number of amides is 1. The van der Waals surface area contributed by atoms with E-state index in [1.165, 1.54) is 24.2 Å². The summed E-state index contributed by atoms with van der Waals surface area (Å²) in [4.78, 5) is 33.8. The quantitative estimate of drug-likeness (QED) is 0.520. The number of carbonyl (C=O) groups excluding carboxylic acids is 1. The molecule has 0 spiro atoms. The summed E-state index contributed by atoms with van der Waals surface area (Å²) >= 11 is 1.28. The van der Waals surface area contributed by atoms with Crippen molar-refractivity contribution in [3.05, 3.63) is 36.3 Å². The van der Waals surface area contributed by atoms with Crippen molar-refractivity contribution in [1.82, 2.24) is 25.2 Å². The Morgan fingerprint density at radius 1 is 1.42 bits per heavy atom. The summed E-state index contributed by atoms with van der Waals surface area (Å²) in [6.07, 6.45) is 10.9. The van der Waals surface area contributed by atoms with Crippen LogP contribution in [0.5, 0.6) is 5.88 Å². The fourth-order valence-corrected chi connectivity index (χ4v) is 5.05. The van der Waals surface area contributed by atoms with Crippen LogP contribution in [-0.4, -0.2) is 69.8 Å². The first kappa shape index (κ1) is 25.0. The first-order chi connectivity index (χ1) is 16.0. The van der Waals surface area contributed by atoms with Gasteiger partial charge < -0.3 is 10.1 Å². The van der Waals surface area contributed by atoms with Crippen LogP contribution in [0, 0.1) is 0 Å². The number of thiazole rings is 1. The van der Waals surface area contributed by atoms with Crippen molar-refractivity contribution in [2.24, 2.45) is 4.99 Å². The van der Waals surface area contributed by atoms with E-state index in [4.69, 9.17) is 4.74 Å². The molecule has 1 aliphatic heterocycles. The van der Waals surface area contributed by atoms with Gasteiger partial charge in [0.1, 0.15) is 5.69 Å². The number of rotatable bonds is 10. The number of aliphatic imine (C=N–C) groups is 1. The average molecular weight is 473 g/mol. The number of hydrogen-bond donors (Lipinski definition) is 1. The van der Waals surface area contributed by atoms with E-state index in [-0.39, 0.29) is 13.4 Å². The van der Waals surface area contributed by atoms with Gasteiger partial charge in [-0.05, 0) is 52.7 Å². The molecule has 8 nitrogen and oxygen atoms in total. The summed E-state index contributed by atoms with van der Waals surface area (Å²) in [5.41, 5.74) is 1.41. The lowest BCUT2D eigenvalue weighted by Gasteiger charge is -2.40. The normalized spacial score (nSPS) is 18.2. The molecule has 0 aliphatic carbocycles. The predicted octanol–water partition coefficient (Wildman–Crippen LogP) is 4.25. The maximum atomic E-state index is 13.1. The van der Waals surface area contributed by atoms with Crippen LogP contribution in [0.25, 0.3) is 10.6 Å². The van der Waals surface area contributed by atoms with Gasteiger partial charge in [-0.2, -0.15) is 0 Å². The van der Waals surface area contributed by atoms with Gasteiger partial charge in [0.2, 0.25) is 5.88 Å². The minimum Gasteiger partial charge on any atom is -0.477 e. The largest absolute Gasteiger partial charge is 0.477 e. The van der Waals surface area contributed by atoms with Crippen molar-refractivity contribution in [2.75, 3.05) is 20.2 Å². The highest BCUT2D eigenvalue weighted by molar-refractivity contribution is 7.16. The minimum absolute atomic E-state index is 0. The molecule has 0 radical (unpaired) electrons. The van der Waals surface area contributed by atoms with E-state index in [2.05, 4.69) is 50.6 Å². The number of likely N-dealkylation sites (tertiary alicyclic amines) is 1. The van der Waals surface area contributed by atoms with Crippen LogP contribution < -0.4 is 10.1 Å². The second-order valence-electron chi connectivity index (χ2n) is 8.30. The number of ether oxygens (including phenoxy) is 1. The summed E-state index contributed by atoms with van der Waals surface area (Å²) in [6, 6.07) is 0.634. The van der Waals surface area contributed by atoms with Gasteiger partial charge in [-0.1, -0.05) is 13.0 Å². The first-order valence-corrected chi connectivity index (χ1v) is 12.3. The molecule has 1 amide bonds. The number of nitrogens with zero attached hydrogens (tertiary/aromatic N) is 5. The Morgan fingerprint density at radius 3 is 2.94 bits per heavy atom. The molecule has 1 aliphatic rings. The maximum Gasteiger partial charge on any atom is 0.280 e.